The van der Waals surface area contributed by atoms with Crippen LogP contribution in [0.1, 0.15) is 40.0 Å². The summed E-state index contributed by atoms with van der Waals surface area (Å²) in [5, 5.41) is 19.4. The molecule has 0 radical (unpaired) electrons. The number of hydrogen-bond acceptors (Lipinski definition) is 3. The highest BCUT2D eigenvalue weighted by atomic mass is 16.4. The zero-order valence-electron chi connectivity index (χ0n) is 13.2. The third-order valence-corrected chi connectivity index (χ3v) is 4.15. The Kier molecular flexibility index (Phi) is 5.21. The first-order valence-corrected chi connectivity index (χ1v) is 7.67. The Morgan fingerprint density at radius 3 is 2.59 bits per heavy atom. The number of aromatic nitrogens is 1. The zero-order valence-corrected chi connectivity index (χ0v) is 13.2. The van der Waals surface area contributed by atoms with Gasteiger partial charge >= 0.3 is 5.97 Å². The second-order valence-corrected chi connectivity index (χ2v) is 5.68. The molecule has 120 valence electrons. The normalized spacial score (nSPS) is 11.3. The molecule has 0 aliphatic rings. The molecule has 2 aromatic rings. The van der Waals surface area contributed by atoms with Gasteiger partial charge in [0.1, 0.15) is 0 Å². The van der Waals surface area contributed by atoms with Crippen LogP contribution in [0.5, 0.6) is 0 Å². The Hall–Kier alpha value is -1.85. The van der Waals surface area contributed by atoms with E-state index < -0.39 is 5.97 Å². The molecule has 0 saturated heterocycles. The first-order chi connectivity index (χ1) is 10.5. The minimum atomic E-state index is -0.912. The molecule has 0 bridgehead atoms. The number of nitrogens with zero attached hydrogens (tertiary/aromatic N) is 1. The molecule has 0 saturated carbocycles. The van der Waals surface area contributed by atoms with E-state index in [0.29, 0.717) is 18.5 Å². The Morgan fingerprint density at radius 2 is 2.00 bits per heavy atom. The zero-order chi connectivity index (χ0) is 16.3. The maximum absolute atomic E-state index is 11.3. The van der Waals surface area contributed by atoms with Crippen LogP contribution in [0, 0.1) is 13.8 Å². The standard InChI is InChI=1S/C17H24N2O3/c1-11-9-13(17(21)22)10-15-14(5-3-8-20)12(2)19(16(11)15)7-4-6-18/h9-10,20H,3-8,18H2,1-2H3,(H,21,22). The second-order valence-electron chi connectivity index (χ2n) is 5.68. The number of aliphatic hydroxyl groups is 1. The van der Waals surface area contributed by atoms with Gasteiger partial charge in [-0.1, -0.05) is 0 Å². The van der Waals surface area contributed by atoms with Crippen molar-refractivity contribution in [2.45, 2.75) is 39.7 Å². The van der Waals surface area contributed by atoms with E-state index in [1.54, 1.807) is 12.1 Å². The van der Waals surface area contributed by atoms with Gasteiger partial charge in [0, 0.05) is 24.2 Å². The Morgan fingerprint density at radius 1 is 1.27 bits per heavy atom. The first-order valence-electron chi connectivity index (χ1n) is 7.67. The van der Waals surface area contributed by atoms with Gasteiger partial charge < -0.3 is 20.5 Å². The van der Waals surface area contributed by atoms with Crippen LogP contribution in [-0.2, 0) is 13.0 Å². The number of hydrogen-bond donors (Lipinski definition) is 3. The van der Waals surface area contributed by atoms with Gasteiger partial charge in [-0.25, -0.2) is 4.79 Å². The molecule has 0 fully saturated rings. The van der Waals surface area contributed by atoms with Crippen LogP contribution in [0.2, 0.25) is 0 Å². The molecule has 0 spiro atoms. The van der Waals surface area contributed by atoms with Gasteiger partial charge in [0.05, 0.1) is 11.1 Å². The predicted molar refractivity (Wildman–Crippen MR) is 87.4 cm³/mol. The number of benzene rings is 1. The van der Waals surface area contributed by atoms with E-state index in [4.69, 9.17) is 10.8 Å². The molecule has 5 nitrogen and oxygen atoms in total. The van der Waals surface area contributed by atoms with E-state index in [0.717, 1.165) is 47.1 Å². The second kappa shape index (κ2) is 6.94. The predicted octanol–water partition coefficient (Wildman–Crippen LogP) is 2.23. The Bertz CT molecular complexity index is 689. The first kappa shape index (κ1) is 16.5. The van der Waals surface area contributed by atoms with Gasteiger partial charge in [-0.15, -0.1) is 0 Å². The van der Waals surface area contributed by atoms with Crippen LogP contribution in [0.3, 0.4) is 0 Å². The van der Waals surface area contributed by atoms with Crippen molar-refractivity contribution in [1.29, 1.82) is 0 Å². The smallest absolute Gasteiger partial charge is 0.335 e. The summed E-state index contributed by atoms with van der Waals surface area (Å²) in [5.74, 6) is -0.912. The van der Waals surface area contributed by atoms with Crippen LogP contribution >= 0.6 is 0 Å². The highest BCUT2D eigenvalue weighted by molar-refractivity contribution is 5.97. The van der Waals surface area contributed by atoms with Crippen LogP contribution in [0.25, 0.3) is 10.9 Å². The summed E-state index contributed by atoms with van der Waals surface area (Å²) in [4.78, 5) is 11.3. The Balaban J connectivity index is 2.68. The van der Waals surface area contributed by atoms with Crippen LogP contribution in [0.4, 0.5) is 0 Å². The van der Waals surface area contributed by atoms with Crippen LogP contribution < -0.4 is 5.73 Å². The average Bonchev–Trinajstić information content (AvgIpc) is 2.75. The minimum Gasteiger partial charge on any atom is -0.478 e. The van der Waals surface area contributed by atoms with Crippen LogP contribution in [0.15, 0.2) is 12.1 Å². The van der Waals surface area contributed by atoms with Gasteiger partial charge in [-0.2, -0.15) is 0 Å². The average molecular weight is 304 g/mol. The van der Waals surface area contributed by atoms with E-state index >= 15 is 0 Å². The van der Waals surface area contributed by atoms with Crippen molar-refractivity contribution >= 4 is 16.9 Å². The molecule has 5 heteroatoms. The molecule has 22 heavy (non-hydrogen) atoms. The van der Waals surface area contributed by atoms with Crippen molar-refractivity contribution < 1.29 is 15.0 Å². The van der Waals surface area contributed by atoms with Crippen LogP contribution in [-0.4, -0.2) is 33.9 Å². The number of fused-ring (bicyclic) bond motifs is 1. The number of aryl methyl sites for hydroxylation is 3. The summed E-state index contributed by atoms with van der Waals surface area (Å²) < 4.78 is 2.23. The number of carbonyl (C=O) groups is 1. The largest absolute Gasteiger partial charge is 0.478 e. The topological polar surface area (TPSA) is 88.5 Å². The molecule has 1 heterocycles. The molecule has 0 unspecified atom stereocenters. The monoisotopic (exact) mass is 304 g/mol. The fourth-order valence-electron chi connectivity index (χ4n) is 3.12. The van der Waals surface area contributed by atoms with Crippen molar-refractivity contribution in [3.8, 4) is 0 Å². The van der Waals surface area contributed by atoms with Gasteiger partial charge in [0.25, 0.3) is 0 Å². The van der Waals surface area contributed by atoms with E-state index in [-0.39, 0.29) is 6.61 Å². The number of aliphatic hydroxyl groups excluding tert-OH is 1. The Labute approximate surface area is 130 Å². The molecule has 0 atom stereocenters. The van der Waals surface area contributed by atoms with Crippen molar-refractivity contribution in [1.82, 2.24) is 4.57 Å². The maximum atomic E-state index is 11.3. The lowest BCUT2D eigenvalue weighted by atomic mass is 10.0. The molecule has 0 amide bonds. The summed E-state index contributed by atoms with van der Waals surface area (Å²) >= 11 is 0. The molecular weight excluding hydrogens is 280 g/mol. The van der Waals surface area contributed by atoms with Gasteiger partial charge in [-0.05, 0) is 62.9 Å². The number of aromatic carboxylic acids is 1. The number of rotatable bonds is 7. The number of carboxylic acid groups (broad SMARTS) is 1. The third kappa shape index (κ3) is 3.00. The van der Waals surface area contributed by atoms with E-state index in [1.807, 2.05) is 6.92 Å². The molecule has 1 aromatic heterocycles. The molecular formula is C17H24N2O3. The minimum absolute atomic E-state index is 0.131. The number of nitrogens with two attached hydrogens (primary N) is 1. The molecule has 0 aliphatic heterocycles. The lowest BCUT2D eigenvalue weighted by molar-refractivity contribution is 0.0697. The number of carboxylic acids is 1. The highest BCUT2D eigenvalue weighted by Gasteiger charge is 2.17. The van der Waals surface area contributed by atoms with Crippen molar-refractivity contribution in [3.05, 3.63) is 34.5 Å². The van der Waals surface area contributed by atoms with Crippen molar-refractivity contribution in [3.63, 3.8) is 0 Å². The maximum Gasteiger partial charge on any atom is 0.335 e. The molecule has 1 aromatic carbocycles. The highest BCUT2D eigenvalue weighted by Crippen LogP contribution is 2.31. The quantitative estimate of drug-likeness (QED) is 0.732. The molecule has 2 rings (SSSR count). The van der Waals surface area contributed by atoms with Gasteiger partial charge in [0.15, 0.2) is 0 Å². The van der Waals surface area contributed by atoms with Crippen molar-refractivity contribution in [2.75, 3.05) is 13.2 Å². The lowest BCUT2D eigenvalue weighted by Crippen LogP contribution is -2.08. The van der Waals surface area contributed by atoms with Gasteiger partial charge in [-0.3, -0.25) is 0 Å². The molecule has 0 aliphatic carbocycles. The SMILES string of the molecule is Cc1cc(C(=O)O)cc2c(CCCO)c(C)n(CCCN)c12. The van der Waals surface area contributed by atoms with E-state index in [2.05, 4.69) is 11.5 Å². The summed E-state index contributed by atoms with van der Waals surface area (Å²) in [5.41, 5.74) is 10.3. The lowest BCUT2D eigenvalue weighted by Gasteiger charge is -2.10. The third-order valence-electron chi connectivity index (χ3n) is 4.15. The summed E-state index contributed by atoms with van der Waals surface area (Å²) in [7, 11) is 0. The van der Waals surface area contributed by atoms with Gasteiger partial charge in [0.2, 0.25) is 0 Å². The fraction of sp³-hybridized carbons (Fsp3) is 0.471. The summed E-state index contributed by atoms with van der Waals surface area (Å²) in [6, 6.07) is 3.47. The summed E-state index contributed by atoms with van der Waals surface area (Å²) in [6.07, 6.45) is 2.30. The molecule has 4 N–H and O–H groups in total. The van der Waals surface area contributed by atoms with E-state index in [9.17, 15) is 9.90 Å². The summed E-state index contributed by atoms with van der Waals surface area (Å²) in [6.45, 7) is 5.58. The van der Waals surface area contributed by atoms with Crippen molar-refractivity contribution in [2.24, 2.45) is 5.73 Å². The fourth-order valence-corrected chi connectivity index (χ4v) is 3.12. The van der Waals surface area contributed by atoms with E-state index in [1.165, 1.54) is 0 Å².